The Morgan fingerprint density at radius 2 is 2.09 bits per heavy atom. The summed E-state index contributed by atoms with van der Waals surface area (Å²) in [5, 5.41) is 26.8. The van der Waals surface area contributed by atoms with Gasteiger partial charge in [-0.25, -0.2) is 4.79 Å². The van der Waals surface area contributed by atoms with E-state index in [1.54, 1.807) is 0 Å². The van der Waals surface area contributed by atoms with Crippen molar-refractivity contribution in [3.8, 4) is 0 Å². The normalized spacial score (nSPS) is 40.4. The van der Waals surface area contributed by atoms with Gasteiger partial charge in [-0.05, 0) is 6.92 Å². The summed E-state index contributed by atoms with van der Waals surface area (Å²) in [5.41, 5.74) is 0. The topological polar surface area (TPSA) is 87.0 Å². The Kier molecular flexibility index (Phi) is 2.12. The van der Waals surface area contributed by atoms with E-state index in [-0.39, 0.29) is 0 Å². The largest absolute Gasteiger partial charge is 0.455 e. The summed E-state index contributed by atoms with van der Waals surface area (Å²) in [6, 6.07) is 0. The molecule has 0 spiro atoms. The first-order valence-corrected chi connectivity index (χ1v) is 3.28. The molecule has 1 rings (SSSR count). The molecule has 0 aromatic rings. The Morgan fingerprint density at radius 3 is 2.27 bits per heavy atom. The lowest BCUT2D eigenvalue weighted by molar-refractivity contribution is -0.150. The SMILES string of the molecule is C[C@H](O)[C@@H]1OC(=O)[C@@H](O)[C@H]1O. The van der Waals surface area contributed by atoms with Gasteiger partial charge in [-0.3, -0.25) is 0 Å². The molecule has 0 amide bonds. The van der Waals surface area contributed by atoms with Crippen LogP contribution in [0.4, 0.5) is 0 Å². The van der Waals surface area contributed by atoms with Crippen LogP contribution in [0.25, 0.3) is 0 Å². The summed E-state index contributed by atoms with van der Waals surface area (Å²) >= 11 is 0. The number of hydrogen-bond donors (Lipinski definition) is 3. The lowest BCUT2D eigenvalue weighted by Crippen LogP contribution is -2.37. The summed E-state index contributed by atoms with van der Waals surface area (Å²) in [6.07, 6.45) is -4.80. The standard InChI is InChI=1S/C6H10O5/c1-2(7)5-3(8)4(9)6(10)11-5/h2-5,7-9H,1H3/t2-,3+,4-,5-/m0/s1. The molecule has 1 saturated heterocycles. The van der Waals surface area contributed by atoms with E-state index in [1.807, 2.05) is 0 Å². The van der Waals surface area contributed by atoms with Crippen molar-refractivity contribution in [3.63, 3.8) is 0 Å². The highest BCUT2D eigenvalue weighted by atomic mass is 16.6. The molecule has 5 heteroatoms. The van der Waals surface area contributed by atoms with Crippen molar-refractivity contribution in [3.05, 3.63) is 0 Å². The van der Waals surface area contributed by atoms with Gasteiger partial charge in [0.2, 0.25) is 0 Å². The maximum Gasteiger partial charge on any atom is 0.338 e. The van der Waals surface area contributed by atoms with Gasteiger partial charge in [0.15, 0.2) is 12.2 Å². The minimum Gasteiger partial charge on any atom is -0.455 e. The second-order valence-electron chi connectivity index (χ2n) is 2.58. The third kappa shape index (κ3) is 1.35. The maximum atomic E-state index is 10.6. The van der Waals surface area contributed by atoms with Gasteiger partial charge in [0.05, 0.1) is 6.10 Å². The summed E-state index contributed by atoms with van der Waals surface area (Å²) in [5.74, 6) is -0.886. The quantitative estimate of drug-likeness (QED) is 0.389. The van der Waals surface area contributed by atoms with E-state index in [1.165, 1.54) is 6.92 Å². The van der Waals surface area contributed by atoms with Gasteiger partial charge in [0.25, 0.3) is 0 Å². The zero-order valence-corrected chi connectivity index (χ0v) is 5.97. The highest BCUT2D eigenvalue weighted by molar-refractivity contribution is 5.77. The molecule has 5 nitrogen and oxygen atoms in total. The lowest BCUT2D eigenvalue weighted by atomic mass is 10.1. The molecule has 1 aliphatic rings. The number of cyclic esters (lactones) is 1. The zero-order chi connectivity index (χ0) is 8.59. The Bertz CT molecular complexity index is 166. The molecule has 0 aliphatic carbocycles. The highest BCUT2D eigenvalue weighted by Gasteiger charge is 2.44. The third-order valence-electron chi connectivity index (χ3n) is 1.63. The average molecular weight is 162 g/mol. The van der Waals surface area contributed by atoms with Gasteiger partial charge in [-0.15, -0.1) is 0 Å². The molecule has 64 valence electrons. The van der Waals surface area contributed by atoms with Crippen molar-refractivity contribution in [2.24, 2.45) is 0 Å². The number of aliphatic hydroxyl groups is 3. The van der Waals surface area contributed by atoms with Crippen molar-refractivity contribution < 1.29 is 24.9 Å². The monoisotopic (exact) mass is 162 g/mol. The van der Waals surface area contributed by atoms with Crippen LogP contribution in [0.3, 0.4) is 0 Å². The van der Waals surface area contributed by atoms with Crippen molar-refractivity contribution in [2.45, 2.75) is 31.3 Å². The average Bonchev–Trinajstić information content (AvgIpc) is 2.17. The van der Waals surface area contributed by atoms with Gasteiger partial charge < -0.3 is 20.1 Å². The molecule has 3 N–H and O–H groups in total. The molecular weight excluding hydrogens is 152 g/mol. The van der Waals surface area contributed by atoms with Crippen LogP contribution in [0, 0.1) is 0 Å². The van der Waals surface area contributed by atoms with E-state index in [0.29, 0.717) is 0 Å². The molecule has 1 fully saturated rings. The summed E-state index contributed by atoms with van der Waals surface area (Å²) in [4.78, 5) is 10.6. The molecular formula is C6H10O5. The van der Waals surface area contributed by atoms with Gasteiger partial charge in [-0.2, -0.15) is 0 Å². The minimum atomic E-state index is -1.52. The molecule has 11 heavy (non-hydrogen) atoms. The molecule has 0 radical (unpaired) electrons. The summed E-state index contributed by atoms with van der Waals surface area (Å²) < 4.78 is 4.46. The number of ether oxygens (including phenoxy) is 1. The number of aliphatic hydroxyl groups excluding tert-OH is 3. The Morgan fingerprint density at radius 1 is 1.55 bits per heavy atom. The number of rotatable bonds is 1. The smallest absolute Gasteiger partial charge is 0.338 e. The van der Waals surface area contributed by atoms with Crippen molar-refractivity contribution in [1.29, 1.82) is 0 Å². The van der Waals surface area contributed by atoms with Crippen LogP contribution in [0.15, 0.2) is 0 Å². The fourth-order valence-electron chi connectivity index (χ4n) is 0.976. The molecule has 0 aromatic carbocycles. The van der Waals surface area contributed by atoms with Gasteiger partial charge in [0.1, 0.15) is 6.10 Å². The number of carbonyl (C=O) groups excluding carboxylic acids is 1. The zero-order valence-electron chi connectivity index (χ0n) is 5.97. The van der Waals surface area contributed by atoms with Crippen LogP contribution in [-0.2, 0) is 9.53 Å². The summed E-state index contributed by atoms with van der Waals surface area (Å²) in [6.45, 7) is 1.37. The number of hydrogen-bond acceptors (Lipinski definition) is 5. The fourth-order valence-corrected chi connectivity index (χ4v) is 0.976. The molecule has 0 saturated carbocycles. The van der Waals surface area contributed by atoms with Crippen LogP contribution >= 0.6 is 0 Å². The second kappa shape index (κ2) is 2.77. The third-order valence-corrected chi connectivity index (χ3v) is 1.63. The van der Waals surface area contributed by atoms with E-state index in [0.717, 1.165) is 0 Å². The van der Waals surface area contributed by atoms with Crippen molar-refractivity contribution >= 4 is 5.97 Å². The highest BCUT2D eigenvalue weighted by Crippen LogP contribution is 2.18. The van der Waals surface area contributed by atoms with Crippen molar-refractivity contribution in [2.75, 3.05) is 0 Å². The molecule has 0 bridgehead atoms. The first-order valence-electron chi connectivity index (χ1n) is 3.28. The van der Waals surface area contributed by atoms with E-state index in [4.69, 9.17) is 15.3 Å². The molecule has 0 unspecified atom stereocenters. The first kappa shape index (κ1) is 8.45. The Hall–Kier alpha value is -0.650. The van der Waals surface area contributed by atoms with Crippen LogP contribution in [-0.4, -0.2) is 45.7 Å². The maximum absolute atomic E-state index is 10.6. The van der Waals surface area contributed by atoms with Gasteiger partial charge in [-0.1, -0.05) is 0 Å². The Labute approximate surface area is 63.2 Å². The van der Waals surface area contributed by atoms with Crippen LogP contribution in [0.2, 0.25) is 0 Å². The molecule has 4 atom stereocenters. The molecule has 1 aliphatic heterocycles. The molecule has 0 aromatic heterocycles. The number of esters is 1. The van der Waals surface area contributed by atoms with Crippen LogP contribution < -0.4 is 0 Å². The number of carbonyl (C=O) groups is 1. The van der Waals surface area contributed by atoms with Gasteiger partial charge in [0, 0.05) is 0 Å². The molecule has 1 heterocycles. The van der Waals surface area contributed by atoms with Crippen LogP contribution in [0.5, 0.6) is 0 Å². The Balaban J connectivity index is 2.67. The van der Waals surface area contributed by atoms with E-state index in [2.05, 4.69) is 4.74 Å². The van der Waals surface area contributed by atoms with E-state index >= 15 is 0 Å². The van der Waals surface area contributed by atoms with Crippen LogP contribution in [0.1, 0.15) is 6.92 Å². The first-order chi connectivity index (χ1) is 5.04. The van der Waals surface area contributed by atoms with E-state index < -0.39 is 30.4 Å². The predicted octanol–water partition coefficient (Wildman–Crippen LogP) is -1.99. The fraction of sp³-hybridized carbons (Fsp3) is 0.833. The predicted molar refractivity (Wildman–Crippen MR) is 33.6 cm³/mol. The second-order valence-corrected chi connectivity index (χ2v) is 2.58. The minimum absolute atomic E-state index is 0.886. The van der Waals surface area contributed by atoms with Gasteiger partial charge >= 0.3 is 5.97 Å². The lowest BCUT2D eigenvalue weighted by Gasteiger charge is -2.15. The van der Waals surface area contributed by atoms with E-state index in [9.17, 15) is 4.79 Å². The summed E-state index contributed by atoms with van der Waals surface area (Å²) in [7, 11) is 0. The van der Waals surface area contributed by atoms with Crippen molar-refractivity contribution in [1.82, 2.24) is 0 Å².